The molecule has 1 amide bonds. The maximum absolute atomic E-state index is 12.1. The van der Waals surface area contributed by atoms with Gasteiger partial charge in [-0.25, -0.2) is 0 Å². The summed E-state index contributed by atoms with van der Waals surface area (Å²) in [5.41, 5.74) is 1.19. The largest absolute Gasteiger partial charge is 0.317 e. The number of aromatic nitrogens is 2. The van der Waals surface area contributed by atoms with E-state index in [2.05, 4.69) is 20.8 Å². The summed E-state index contributed by atoms with van der Waals surface area (Å²) in [5.74, 6) is 2.08. The van der Waals surface area contributed by atoms with Crippen LogP contribution in [0.5, 0.6) is 0 Å². The predicted octanol–water partition coefficient (Wildman–Crippen LogP) is 3.18. The number of H-pyrrole nitrogens is 1. The SMILES string of the molecule is O=C(CCC1CCNCC1)Nc1cc(C2CCCCC2)[nH]n1. The topological polar surface area (TPSA) is 69.8 Å². The van der Waals surface area contributed by atoms with Gasteiger partial charge in [-0.05, 0) is 51.1 Å². The van der Waals surface area contributed by atoms with Crippen LogP contribution < -0.4 is 10.6 Å². The van der Waals surface area contributed by atoms with Crippen LogP contribution in [0, 0.1) is 5.92 Å². The fraction of sp³-hybridized carbons (Fsp3) is 0.765. The Morgan fingerprint density at radius 2 is 1.95 bits per heavy atom. The molecule has 5 heteroatoms. The van der Waals surface area contributed by atoms with E-state index in [1.165, 1.54) is 50.6 Å². The van der Waals surface area contributed by atoms with Crippen LogP contribution in [0.4, 0.5) is 5.82 Å². The molecule has 1 saturated heterocycles. The molecule has 0 spiro atoms. The first-order valence-electron chi connectivity index (χ1n) is 8.87. The minimum Gasteiger partial charge on any atom is -0.317 e. The lowest BCUT2D eigenvalue weighted by molar-refractivity contribution is -0.116. The van der Waals surface area contributed by atoms with Crippen molar-refractivity contribution in [3.8, 4) is 0 Å². The van der Waals surface area contributed by atoms with Gasteiger partial charge in [0.2, 0.25) is 5.91 Å². The number of hydrogen-bond acceptors (Lipinski definition) is 3. The average molecular weight is 304 g/mol. The molecular weight excluding hydrogens is 276 g/mol. The van der Waals surface area contributed by atoms with E-state index in [0.29, 0.717) is 24.1 Å². The average Bonchev–Trinajstić information content (AvgIpc) is 3.03. The van der Waals surface area contributed by atoms with Gasteiger partial charge in [0.1, 0.15) is 0 Å². The van der Waals surface area contributed by atoms with Crippen molar-refractivity contribution in [2.24, 2.45) is 5.92 Å². The van der Waals surface area contributed by atoms with E-state index in [4.69, 9.17) is 0 Å². The number of amides is 1. The van der Waals surface area contributed by atoms with Gasteiger partial charge in [0.15, 0.2) is 5.82 Å². The summed E-state index contributed by atoms with van der Waals surface area (Å²) in [7, 11) is 0. The lowest BCUT2D eigenvalue weighted by Gasteiger charge is -2.22. The van der Waals surface area contributed by atoms with E-state index in [1.807, 2.05) is 6.07 Å². The van der Waals surface area contributed by atoms with Gasteiger partial charge in [0.25, 0.3) is 0 Å². The molecule has 2 heterocycles. The minimum atomic E-state index is 0.0974. The zero-order chi connectivity index (χ0) is 15.2. The van der Waals surface area contributed by atoms with Crippen molar-refractivity contribution >= 4 is 11.7 Å². The highest BCUT2D eigenvalue weighted by Gasteiger charge is 2.19. The summed E-state index contributed by atoms with van der Waals surface area (Å²) in [4.78, 5) is 12.1. The summed E-state index contributed by atoms with van der Waals surface area (Å²) in [6.45, 7) is 2.19. The number of hydrogen-bond donors (Lipinski definition) is 3. The third kappa shape index (κ3) is 4.32. The summed E-state index contributed by atoms with van der Waals surface area (Å²) in [6.07, 6.45) is 10.4. The number of nitrogens with one attached hydrogen (secondary N) is 3. The second kappa shape index (κ2) is 7.77. The number of carbonyl (C=O) groups is 1. The first-order valence-corrected chi connectivity index (χ1v) is 8.87. The number of anilines is 1. The van der Waals surface area contributed by atoms with Crippen LogP contribution in [0.25, 0.3) is 0 Å². The van der Waals surface area contributed by atoms with Gasteiger partial charge in [-0.3, -0.25) is 9.89 Å². The number of aromatic amines is 1. The van der Waals surface area contributed by atoms with Crippen LogP contribution in [0.3, 0.4) is 0 Å². The Balaban J connectivity index is 1.43. The third-order valence-corrected chi connectivity index (χ3v) is 5.15. The summed E-state index contributed by atoms with van der Waals surface area (Å²) >= 11 is 0. The highest BCUT2D eigenvalue weighted by molar-refractivity contribution is 5.89. The summed E-state index contributed by atoms with van der Waals surface area (Å²) in [5, 5.41) is 13.7. The Morgan fingerprint density at radius 3 is 2.73 bits per heavy atom. The van der Waals surface area contributed by atoms with Crippen molar-refractivity contribution in [2.75, 3.05) is 18.4 Å². The molecule has 0 radical (unpaired) electrons. The zero-order valence-electron chi connectivity index (χ0n) is 13.4. The first-order chi connectivity index (χ1) is 10.8. The number of piperidine rings is 1. The molecule has 5 nitrogen and oxygen atoms in total. The van der Waals surface area contributed by atoms with Crippen molar-refractivity contribution < 1.29 is 4.79 Å². The molecule has 1 aliphatic carbocycles. The molecule has 2 fully saturated rings. The van der Waals surface area contributed by atoms with Gasteiger partial charge >= 0.3 is 0 Å². The van der Waals surface area contributed by atoms with Crippen LogP contribution in [0.15, 0.2) is 6.07 Å². The van der Waals surface area contributed by atoms with Crippen molar-refractivity contribution in [1.29, 1.82) is 0 Å². The van der Waals surface area contributed by atoms with Gasteiger partial charge < -0.3 is 10.6 Å². The highest BCUT2D eigenvalue weighted by Crippen LogP contribution is 2.32. The zero-order valence-corrected chi connectivity index (χ0v) is 13.4. The van der Waals surface area contributed by atoms with Crippen LogP contribution in [0.2, 0.25) is 0 Å². The summed E-state index contributed by atoms with van der Waals surface area (Å²) < 4.78 is 0. The van der Waals surface area contributed by atoms with E-state index >= 15 is 0 Å². The molecule has 3 rings (SSSR count). The standard InChI is InChI=1S/C17H28N4O/c22-17(7-6-13-8-10-18-11-9-13)19-16-12-15(20-21-16)14-4-2-1-3-5-14/h12-14,18H,1-11H2,(H2,19,20,21,22). The molecule has 22 heavy (non-hydrogen) atoms. The maximum atomic E-state index is 12.1. The normalized spacial score (nSPS) is 20.9. The molecule has 1 aliphatic heterocycles. The van der Waals surface area contributed by atoms with E-state index in [0.717, 1.165) is 19.5 Å². The molecule has 0 aromatic carbocycles. The Kier molecular flexibility index (Phi) is 5.48. The fourth-order valence-corrected chi connectivity index (χ4v) is 3.73. The minimum absolute atomic E-state index is 0.0974. The molecule has 1 aromatic rings. The fourth-order valence-electron chi connectivity index (χ4n) is 3.73. The van der Waals surface area contributed by atoms with Crippen LogP contribution in [-0.4, -0.2) is 29.2 Å². The maximum Gasteiger partial charge on any atom is 0.225 e. The number of nitrogens with zero attached hydrogens (tertiary/aromatic N) is 1. The first kappa shape index (κ1) is 15.5. The lowest BCUT2D eigenvalue weighted by Crippen LogP contribution is -2.28. The smallest absolute Gasteiger partial charge is 0.225 e. The van der Waals surface area contributed by atoms with Gasteiger partial charge in [0.05, 0.1) is 0 Å². The molecule has 0 atom stereocenters. The monoisotopic (exact) mass is 304 g/mol. The molecule has 122 valence electrons. The molecule has 2 aliphatic rings. The highest BCUT2D eigenvalue weighted by atomic mass is 16.1. The second-order valence-electron chi connectivity index (χ2n) is 6.82. The molecular formula is C17H28N4O. The Hall–Kier alpha value is -1.36. The van der Waals surface area contributed by atoms with Crippen LogP contribution >= 0.6 is 0 Å². The quantitative estimate of drug-likeness (QED) is 0.782. The molecule has 1 aromatic heterocycles. The Labute approximate surface area is 132 Å². The molecule has 3 N–H and O–H groups in total. The second-order valence-corrected chi connectivity index (χ2v) is 6.82. The van der Waals surface area contributed by atoms with E-state index < -0.39 is 0 Å². The van der Waals surface area contributed by atoms with Gasteiger partial charge in [-0.1, -0.05) is 19.3 Å². The van der Waals surface area contributed by atoms with Crippen molar-refractivity contribution in [2.45, 2.75) is 63.7 Å². The van der Waals surface area contributed by atoms with Gasteiger partial charge in [0, 0.05) is 24.1 Å². The van der Waals surface area contributed by atoms with Crippen LogP contribution in [-0.2, 0) is 4.79 Å². The van der Waals surface area contributed by atoms with E-state index in [-0.39, 0.29) is 5.91 Å². The molecule has 0 bridgehead atoms. The lowest BCUT2D eigenvalue weighted by atomic mass is 9.87. The van der Waals surface area contributed by atoms with Crippen LogP contribution in [0.1, 0.15) is 69.4 Å². The van der Waals surface area contributed by atoms with E-state index in [1.54, 1.807) is 0 Å². The van der Waals surface area contributed by atoms with Gasteiger partial charge in [-0.15, -0.1) is 0 Å². The van der Waals surface area contributed by atoms with E-state index in [9.17, 15) is 4.79 Å². The van der Waals surface area contributed by atoms with Crippen molar-refractivity contribution in [3.63, 3.8) is 0 Å². The third-order valence-electron chi connectivity index (χ3n) is 5.15. The number of carbonyl (C=O) groups excluding carboxylic acids is 1. The molecule has 0 unspecified atom stereocenters. The van der Waals surface area contributed by atoms with Gasteiger partial charge in [-0.2, -0.15) is 5.10 Å². The summed E-state index contributed by atoms with van der Waals surface area (Å²) in [6, 6.07) is 2.03. The molecule has 1 saturated carbocycles. The predicted molar refractivity (Wildman–Crippen MR) is 87.9 cm³/mol. The number of rotatable bonds is 5. The Bertz CT molecular complexity index is 473. The van der Waals surface area contributed by atoms with Crippen molar-refractivity contribution in [1.82, 2.24) is 15.5 Å². The van der Waals surface area contributed by atoms with Crippen molar-refractivity contribution in [3.05, 3.63) is 11.8 Å². The Morgan fingerprint density at radius 1 is 1.18 bits per heavy atom.